The number of azide groups is 1. The largest absolute Gasteiger partial charge is 0.458 e. The number of rotatable bonds is 47. The number of hydrogen-bond acceptors (Lipinski definition) is 23. The molecule has 0 spiro atoms. The van der Waals surface area contributed by atoms with Gasteiger partial charge in [0, 0.05) is 59.2 Å². The second-order valence-corrected chi connectivity index (χ2v) is 25.8. The van der Waals surface area contributed by atoms with Crippen LogP contribution < -0.4 is 43.2 Å². The van der Waals surface area contributed by atoms with E-state index >= 15 is 4.39 Å². The summed E-state index contributed by atoms with van der Waals surface area (Å²) in [4.78, 5) is 129. The highest BCUT2D eigenvalue weighted by molar-refractivity contribution is 5.99. The van der Waals surface area contributed by atoms with Crippen LogP contribution in [0.15, 0.2) is 46.3 Å². The van der Waals surface area contributed by atoms with Crippen LogP contribution in [0.1, 0.15) is 111 Å². The third kappa shape index (κ3) is 23.5. The number of aliphatic hydroxyl groups is 1. The number of benzene rings is 2. The predicted molar refractivity (Wildman–Crippen MR) is 378 cm³/mol. The van der Waals surface area contributed by atoms with Gasteiger partial charge in [0.05, 0.1) is 161 Å². The highest BCUT2D eigenvalue weighted by Gasteiger charge is 2.46. The number of carbonyl (C=O) groups excluding carboxylic acids is 8. The molecule has 1 saturated heterocycles. The van der Waals surface area contributed by atoms with Crippen LogP contribution in [0.2, 0.25) is 0 Å². The molecule has 1 aliphatic carbocycles. The lowest BCUT2D eigenvalue weighted by molar-refractivity contribution is -0.172. The summed E-state index contributed by atoms with van der Waals surface area (Å²) in [7, 11) is 0. The van der Waals surface area contributed by atoms with E-state index in [1.54, 1.807) is 58.0 Å². The molecule has 5 atom stereocenters. The number of fused-ring (bicyclic) bond motifs is 5. The number of urea groups is 1. The van der Waals surface area contributed by atoms with E-state index in [4.69, 9.17) is 68.4 Å². The van der Waals surface area contributed by atoms with Gasteiger partial charge >= 0.3 is 18.1 Å². The van der Waals surface area contributed by atoms with Crippen molar-refractivity contribution in [1.29, 1.82) is 0 Å². The molecular formula is C71H98FN13O21. The Labute approximate surface area is 612 Å². The number of alkyl carbamates (subject to hydrolysis) is 1. The maximum absolute atomic E-state index is 15.5. The average Bonchev–Trinajstić information content (AvgIpc) is 1.49. The Morgan fingerprint density at radius 2 is 1.40 bits per heavy atom. The van der Waals surface area contributed by atoms with E-state index in [1.165, 1.54) is 15.5 Å². The van der Waals surface area contributed by atoms with Gasteiger partial charge in [0.15, 0.2) is 5.60 Å². The number of nitrogens with zero attached hydrogens (tertiary/aromatic N) is 6. The monoisotopic (exact) mass is 1490 g/mol. The molecule has 35 heteroatoms. The van der Waals surface area contributed by atoms with Gasteiger partial charge in [-0.25, -0.2) is 23.8 Å². The lowest BCUT2D eigenvalue weighted by Gasteiger charge is -2.31. The first-order valence-corrected chi connectivity index (χ1v) is 35.8. The highest BCUT2D eigenvalue weighted by Crippen LogP contribution is 2.46. The smallest absolute Gasteiger partial charge is 0.407 e. The Bertz CT molecular complexity index is 3790. The van der Waals surface area contributed by atoms with Gasteiger partial charge in [-0.05, 0) is 104 Å². The van der Waals surface area contributed by atoms with Gasteiger partial charge in [0.2, 0.25) is 29.5 Å². The first-order valence-electron chi connectivity index (χ1n) is 35.8. The van der Waals surface area contributed by atoms with Gasteiger partial charge in [-0.1, -0.05) is 38.0 Å². The molecule has 5 heterocycles. The van der Waals surface area contributed by atoms with Gasteiger partial charge in [0.25, 0.3) is 5.56 Å². The molecule has 8 amide bonds. The zero-order chi connectivity index (χ0) is 76.0. The molecule has 34 nitrogen and oxygen atoms in total. The minimum atomic E-state index is -2.06. The lowest BCUT2D eigenvalue weighted by atomic mass is 9.81. The first-order chi connectivity index (χ1) is 51.2. The number of aryl methyl sites for hydroxylation is 1. The molecule has 3 aliphatic heterocycles. The van der Waals surface area contributed by atoms with Crippen molar-refractivity contribution in [1.82, 2.24) is 41.0 Å². The van der Waals surface area contributed by atoms with Gasteiger partial charge in [-0.2, -0.15) is 0 Å². The van der Waals surface area contributed by atoms with Crippen LogP contribution in [0.3, 0.4) is 0 Å². The van der Waals surface area contributed by atoms with Crippen LogP contribution in [-0.4, -0.2) is 230 Å². The molecular weight excluding hydrogens is 1390 g/mol. The molecule has 2 aromatic carbocycles. The summed E-state index contributed by atoms with van der Waals surface area (Å²) in [5.41, 5.74) is 15.6. The highest BCUT2D eigenvalue weighted by atomic mass is 19.1. The fourth-order valence-electron chi connectivity index (χ4n) is 12.7. The number of cyclic esters (lactones) is 1. The van der Waals surface area contributed by atoms with Crippen molar-refractivity contribution >= 4 is 64.2 Å². The second kappa shape index (κ2) is 42.4. The molecule has 0 bridgehead atoms. The maximum atomic E-state index is 15.5. The fourth-order valence-corrected chi connectivity index (χ4v) is 12.7. The summed E-state index contributed by atoms with van der Waals surface area (Å²) in [6.45, 7) is 12.8. The number of likely N-dealkylation sites (tertiary alicyclic amines) is 1. The lowest BCUT2D eigenvalue weighted by Crippen LogP contribution is -2.56. The summed E-state index contributed by atoms with van der Waals surface area (Å²) < 4.78 is 77.1. The van der Waals surface area contributed by atoms with Crippen LogP contribution >= 0.6 is 0 Å². The zero-order valence-corrected chi connectivity index (χ0v) is 60.4. The van der Waals surface area contributed by atoms with Crippen molar-refractivity contribution in [3.63, 3.8) is 0 Å². The van der Waals surface area contributed by atoms with Gasteiger partial charge in [0.1, 0.15) is 37.2 Å². The van der Waals surface area contributed by atoms with Crippen LogP contribution in [0, 0.1) is 18.7 Å². The van der Waals surface area contributed by atoms with E-state index in [-0.39, 0.29) is 89.5 Å². The van der Waals surface area contributed by atoms with Gasteiger partial charge in [-0.15, -0.1) is 0 Å². The third-order valence-corrected chi connectivity index (χ3v) is 18.3. The van der Waals surface area contributed by atoms with Crippen molar-refractivity contribution < 1.29 is 100.0 Å². The Kier molecular flexibility index (Phi) is 33.0. The van der Waals surface area contributed by atoms with E-state index in [0.29, 0.717) is 182 Å². The number of anilines is 1. The number of nitrogens with one attached hydrogen (secondary N) is 6. The Hall–Kier alpha value is -9.00. The Balaban J connectivity index is 0.704. The molecule has 4 aromatic rings. The summed E-state index contributed by atoms with van der Waals surface area (Å²) >= 11 is 0. The number of hydrogen-bond donors (Lipinski definition) is 8. The summed E-state index contributed by atoms with van der Waals surface area (Å²) in [6.07, 6.45) is 0.929. The average molecular weight is 1490 g/mol. The number of halogens is 1. The normalized spacial score (nSPS) is 16.8. The van der Waals surface area contributed by atoms with Crippen molar-refractivity contribution in [3.05, 3.63) is 102 Å². The first kappa shape index (κ1) is 82.7. The number of amides is 8. The number of esters is 1. The molecule has 4 aliphatic rings. The quantitative estimate of drug-likeness (QED) is 0.00909. The molecule has 0 unspecified atom stereocenters. The zero-order valence-electron chi connectivity index (χ0n) is 60.4. The predicted octanol–water partition coefficient (Wildman–Crippen LogP) is 3.41. The summed E-state index contributed by atoms with van der Waals surface area (Å²) in [6, 6.07) is 4.84. The van der Waals surface area contributed by atoms with Gasteiger partial charge < -0.3 is 104 Å². The topological polar surface area (TPSA) is 443 Å². The van der Waals surface area contributed by atoms with Crippen LogP contribution in [0.25, 0.3) is 32.7 Å². The standard InChI is InChI=1S/C71H98FN13O21/c1-5-71(95)51-38-57-63-49(41-85(57)67(91)50(51)43-105-68(71)92)61-53(15-14-48-45(4)52(72)39-55(79-63)60(48)61)81-70(94)106-42-46-10-12-47(13-11-46)78-65(89)56-9-7-19-84(56)59(87)40-76-64(88)54(8-6-17-75-69(73)93)80-66(90)62(44(2)3)82-58(86)16-20-96-22-24-98-26-28-100-30-32-102-34-36-104-37-35-103-33-31-101-29-27-99-25-23-97-21-18-77-83-74/h10-13,38-39,44,53-54,56,62,95H,5-9,14-37,40-43H2,1-4H3,(H,76,88)(H,78,89)(H,80,90)(H,81,94)(H,82,86)(H3,73,75,93)/t53-,54+,56+,62+,71+/m1/s1. The molecule has 1 fully saturated rings. The number of carbonyl (C=O) groups is 8. The van der Waals surface area contributed by atoms with Gasteiger partial charge in [-0.3, -0.25) is 28.8 Å². The number of aromatic nitrogens is 2. The molecule has 2 aromatic heterocycles. The molecule has 0 radical (unpaired) electrons. The van der Waals surface area contributed by atoms with Crippen LogP contribution in [0.5, 0.6) is 0 Å². The maximum Gasteiger partial charge on any atom is 0.407 e. The Morgan fingerprint density at radius 1 is 0.792 bits per heavy atom. The minimum absolute atomic E-state index is 0.0131. The minimum Gasteiger partial charge on any atom is -0.458 e. The van der Waals surface area contributed by atoms with E-state index in [9.17, 15) is 48.3 Å². The van der Waals surface area contributed by atoms with Crippen molar-refractivity contribution in [2.75, 3.05) is 150 Å². The molecule has 8 rings (SSSR count). The van der Waals surface area contributed by atoms with Crippen LogP contribution in [0.4, 0.5) is 19.7 Å². The summed E-state index contributed by atoms with van der Waals surface area (Å²) in [5.74, 6) is -4.64. The number of ether oxygens (including phenoxy) is 11. The SMILES string of the molecule is CC[C@@]1(O)C(=O)OCc2c1cc1n(c2=O)Cc2c-1nc1cc(F)c(C)c3c1c2[C@H](NC(=O)OCc1ccc(NC(=O)[C@@H]2CCCN2C(=O)CNC(=O)[C@H](CCCNC(N)=O)NC(=O)[C@@H](NC(=O)CCOCCOCCOCCOCCOCCOCCOCCOCCOCCN=[N+]=[N-])C(C)C)cc1)CC3. The molecule has 580 valence electrons. The molecule has 106 heavy (non-hydrogen) atoms. The van der Waals surface area contributed by atoms with Crippen molar-refractivity contribution in [3.8, 4) is 11.4 Å². The number of nitrogens with two attached hydrogens (primary N) is 1. The van der Waals surface area contributed by atoms with Crippen molar-refractivity contribution in [2.45, 2.75) is 129 Å². The summed E-state index contributed by atoms with van der Waals surface area (Å²) in [5, 5.41) is 31.8. The molecule has 0 saturated carbocycles. The number of pyridine rings is 2. The van der Waals surface area contributed by atoms with Crippen molar-refractivity contribution in [2.24, 2.45) is 16.8 Å². The van der Waals surface area contributed by atoms with E-state index in [0.717, 1.165) is 5.56 Å². The number of primary amides is 1. The molecule has 9 N–H and O–H groups in total. The van der Waals surface area contributed by atoms with E-state index in [2.05, 4.69) is 41.9 Å². The Morgan fingerprint density at radius 3 is 1.98 bits per heavy atom. The van der Waals surface area contributed by atoms with E-state index < -0.39 is 101 Å². The van der Waals surface area contributed by atoms with E-state index in [1.807, 2.05) is 0 Å². The third-order valence-electron chi connectivity index (χ3n) is 18.3. The second-order valence-electron chi connectivity index (χ2n) is 25.8. The fraction of sp³-hybridized carbons (Fsp3) is 0.606. The van der Waals surface area contributed by atoms with Crippen LogP contribution in [-0.2, 0) is 113 Å².